The highest BCUT2D eigenvalue weighted by Gasteiger charge is 2.33. The summed E-state index contributed by atoms with van der Waals surface area (Å²) in [6.07, 6.45) is 0. The van der Waals surface area contributed by atoms with Gasteiger partial charge >= 0.3 is 0 Å². The third-order valence-corrected chi connectivity index (χ3v) is 14.3. The van der Waals surface area contributed by atoms with Crippen LogP contribution in [0.1, 0.15) is 66.8 Å². The molecule has 0 aliphatic heterocycles. The van der Waals surface area contributed by atoms with Crippen LogP contribution in [0.5, 0.6) is 0 Å². The molecule has 1 nitrogen and oxygen atoms in total. The second kappa shape index (κ2) is 11.4. The Labute approximate surface area is 240 Å². The normalized spacial score (nSPS) is 11.6. The van der Waals surface area contributed by atoms with Gasteiger partial charge in [-0.2, -0.15) is 0 Å². The standard InChI is InChI=1S/C36H44OSi2/c1-21-13-29(9)33(17-25(21)5)38(34-18-26(6)22(2)14-30(34)10)37-39(35-19-27(7)23(3)15-31(35)11)36-20-28(8)24(4)16-32(36)12/h13-20H,1-12H3. The molecule has 0 spiro atoms. The molecule has 0 amide bonds. The van der Waals surface area contributed by atoms with Gasteiger partial charge in [0.05, 0.1) is 0 Å². The Morgan fingerprint density at radius 3 is 0.667 bits per heavy atom. The minimum Gasteiger partial charge on any atom is -0.442 e. The number of rotatable bonds is 6. The van der Waals surface area contributed by atoms with Crippen LogP contribution in [0.4, 0.5) is 0 Å². The zero-order chi connectivity index (χ0) is 28.8. The summed E-state index contributed by atoms with van der Waals surface area (Å²) in [5.41, 5.74) is 16.0. The van der Waals surface area contributed by atoms with Gasteiger partial charge in [-0.25, -0.2) is 0 Å². The number of hydrogen-bond donors (Lipinski definition) is 0. The highest BCUT2D eigenvalue weighted by molar-refractivity contribution is 6.92. The molecule has 3 heteroatoms. The molecule has 0 fully saturated rings. The number of benzene rings is 4. The Hall–Kier alpha value is -2.73. The van der Waals surface area contributed by atoms with E-state index in [-0.39, 0.29) is 0 Å². The van der Waals surface area contributed by atoms with E-state index in [9.17, 15) is 0 Å². The van der Waals surface area contributed by atoms with Crippen molar-refractivity contribution in [2.24, 2.45) is 0 Å². The highest BCUT2D eigenvalue weighted by atomic mass is 28.4. The summed E-state index contributed by atoms with van der Waals surface area (Å²) in [5, 5.41) is 5.50. The molecule has 202 valence electrons. The van der Waals surface area contributed by atoms with Crippen molar-refractivity contribution in [2.75, 3.05) is 0 Å². The van der Waals surface area contributed by atoms with Gasteiger partial charge in [0.25, 0.3) is 18.1 Å². The molecule has 4 aromatic carbocycles. The van der Waals surface area contributed by atoms with Crippen LogP contribution in [0.3, 0.4) is 0 Å². The van der Waals surface area contributed by atoms with E-state index in [2.05, 4.69) is 132 Å². The van der Waals surface area contributed by atoms with Gasteiger partial charge in [0, 0.05) is 0 Å². The monoisotopic (exact) mass is 548 g/mol. The Bertz CT molecular complexity index is 1330. The third-order valence-electron chi connectivity index (χ3n) is 8.55. The van der Waals surface area contributed by atoms with Gasteiger partial charge in [0.15, 0.2) is 0 Å². The Morgan fingerprint density at radius 2 is 0.462 bits per heavy atom. The summed E-state index contributed by atoms with van der Waals surface area (Å²) in [5.74, 6) is 0. The predicted molar refractivity (Wildman–Crippen MR) is 174 cm³/mol. The fourth-order valence-corrected chi connectivity index (χ4v) is 11.7. The highest BCUT2D eigenvalue weighted by Crippen LogP contribution is 2.17. The Balaban J connectivity index is 2.02. The average Bonchev–Trinajstić information content (AvgIpc) is 2.85. The maximum absolute atomic E-state index is 7.70. The third kappa shape index (κ3) is 5.91. The summed E-state index contributed by atoms with van der Waals surface area (Å²) >= 11 is 0. The summed E-state index contributed by atoms with van der Waals surface area (Å²) in [4.78, 5) is 0. The Kier molecular flexibility index (Phi) is 8.56. The maximum atomic E-state index is 7.70. The SMILES string of the molecule is Cc1cc(C)c([Si](O[Si](c2cc(C)c(C)cc2C)c2cc(C)c(C)cc2C)c2cc(C)c(C)cc2C)cc1C. The first-order valence-electron chi connectivity index (χ1n) is 14.0. The van der Waals surface area contributed by atoms with Crippen molar-refractivity contribution in [3.8, 4) is 0 Å². The Morgan fingerprint density at radius 1 is 0.282 bits per heavy atom. The van der Waals surface area contributed by atoms with Gasteiger partial charge < -0.3 is 4.12 Å². The molecule has 0 N–H and O–H groups in total. The van der Waals surface area contributed by atoms with Gasteiger partial charge in [-0.1, -0.05) is 48.5 Å². The fourth-order valence-electron chi connectivity index (χ4n) is 5.43. The fraction of sp³-hybridized carbons (Fsp3) is 0.333. The lowest BCUT2D eigenvalue weighted by atomic mass is 10.1. The molecule has 39 heavy (non-hydrogen) atoms. The molecule has 0 saturated carbocycles. The maximum Gasteiger partial charge on any atom is 0.273 e. The number of aryl methyl sites for hydroxylation is 12. The van der Waals surface area contributed by atoms with Gasteiger partial charge in [0.2, 0.25) is 0 Å². The van der Waals surface area contributed by atoms with Crippen molar-refractivity contribution in [1.82, 2.24) is 0 Å². The quantitative estimate of drug-likeness (QED) is 0.256. The lowest BCUT2D eigenvalue weighted by Crippen LogP contribution is -2.58. The van der Waals surface area contributed by atoms with Crippen LogP contribution in [-0.4, -0.2) is 18.1 Å². The smallest absolute Gasteiger partial charge is 0.273 e. The summed E-state index contributed by atoms with van der Waals surface area (Å²) in [6, 6.07) is 19.0. The summed E-state index contributed by atoms with van der Waals surface area (Å²) < 4.78 is 7.70. The first-order chi connectivity index (χ1) is 18.3. The molecule has 0 unspecified atom stereocenters. The molecule has 4 aromatic rings. The minimum atomic E-state index is -1.56. The largest absolute Gasteiger partial charge is 0.442 e. The van der Waals surface area contributed by atoms with Crippen LogP contribution < -0.4 is 20.7 Å². The van der Waals surface area contributed by atoms with Gasteiger partial charge in [-0.05, 0) is 171 Å². The lowest BCUT2D eigenvalue weighted by Gasteiger charge is -2.29. The second-order valence-electron chi connectivity index (χ2n) is 11.8. The van der Waals surface area contributed by atoms with E-state index in [0.717, 1.165) is 0 Å². The lowest BCUT2D eigenvalue weighted by molar-refractivity contribution is 0.632. The second-order valence-corrected chi connectivity index (χ2v) is 16.1. The van der Waals surface area contributed by atoms with Crippen molar-refractivity contribution in [1.29, 1.82) is 0 Å². The molecule has 0 heterocycles. The van der Waals surface area contributed by atoms with Crippen molar-refractivity contribution >= 4 is 38.8 Å². The van der Waals surface area contributed by atoms with E-state index in [4.69, 9.17) is 4.12 Å². The van der Waals surface area contributed by atoms with E-state index < -0.39 is 18.1 Å². The zero-order valence-electron chi connectivity index (χ0n) is 26.0. The first kappa shape index (κ1) is 29.3. The molecular weight excluding hydrogens is 505 g/mol. The molecule has 0 aliphatic rings. The molecule has 0 aromatic heterocycles. The molecular formula is C36H44OSi2. The molecule has 0 atom stereocenters. The van der Waals surface area contributed by atoms with Crippen molar-refractivity contribution < 1.29 is 4.12 Å². The van der Waals surface area contributed by atoms with Crippen LogP contribution >= 0.6 is 0 Å². The van der Waals surface area contributed by atoms with E-state index in [0.29, 0.717) is 0 Å². The van der Waals surface area contributed by atoms with E-state index in [1.807, 2.05) is 0 Å². The zero-order valence-corrected chi connectivity index (χ0v) is 28.0. The summed E-state index contributed by atoms with van der Waals surface area (Å²) in [6.45, 7) is 26.9. The van der Waals surface area contributed by atoms with Crippen molar-refractivity contribution in [3.05, 3.63) is 115 Å². The molecule has 4 rings (SSSR count). The molecule has 0 bridgehead atoms. The van der Waals surface area contributed by atoms with Crippen LogP contribution in [0, 0.1) is 83.1 Å². The van der Waals surface area contributed by atoms with Crippen LogP contribution in [0.15, 0.2) is 48.5 Å². The van der Waals surface area contributed by atoms with Gasteiger partial charge in [-0.15, -0.1) is 0 Å². The van der Waals surface area contributed by atoms with E-state index >= 15 is 0 Å². The van der Waals surface area contributed by atoms with E-state index in [1.54, 1.807) is 0 Å². The molecule has 0 saturated heterocycles. The average molecular weight is 549 g/mol. The van der Waals surface area contributed by atoms with Crippen LogP contribution in [-0.2, 0) is 4.12 Å². The molecule has 0 aliphatic carbocycles. The summed E-state index contributed by atoms with van der Waals surface area (Å²) in [7, 11) is -3.13. The van der Waals surface area contributed by atoms with Gasteiger partial charge in [0.1, 0.15) is 0 Å². The minimum absolute atomic E-state index is 1.33. The van der Waals surface area contributed by atoms with Crippen molar-refractivity contribution in [3.63, 3.8) is 0 Å². The number of hydrogen-bond acceptors (Lipinski definition) is 1. The van der Waals surface area contributed by atoms with Crippen LogP contribution in [0.25, 0.3) is 0 Å². The van der Waals surface area contributed by atoms with Crippen LogP contribution in [0.2, 0.25) is 0 Å². The van der Waals surface area contributed by atoms with E-state index in [1.165, 1.54) is 87.5 Å². The van der Waals surface area contributed by atoms with Crippen molar-refractivity contribution in [2.45, 2.75) is 83.1 Å². The first-order valence-corrected chi connectivity index (χ1v) is 16.8. The molecule has 2 radical (unpaired) electrons. The predicted octanol–water partition coefficient (Wildman–Crippen LogP) is 6.32. The van der Waals surface area contributed by atoms with Gasteiger partial charge in [-0.3, -0.25) is 0 Å². The topological polar surface area (TPSA) is 9.23 Å².